The van der Waals surface area contributed by atoms with Gasteiger partial charge in [-0.2, -0.15) is 4.98 Å². The molecular weight excluding hydrogens is 299 g/mol. The van der Waals surface area contributed by atoms with E-state index in [9.17, 15) is 19.4 Å². The van der Waals surface area contributed by atoms with E-state index in [4.69, 9.17) is 16.2 Å². The van der Waals surface area contributed by atoms with Gasteiger partial charge < -0.3 is 26.4 Å². The number of alkyl halides is 1. The van der Waals surface area contributed by atoms with Gasteiger partial charge in [-0.1, -0.05) is 0 Å². The molecule has 0 fully saturated rings. The van der Waals surface area contributed by atoms with Gasteiger partial charge in [-0.3, -0.25) is 14.3 Å². The van der Waals surface area contributed by atoms with E-state index < -0.39 is 30.2 Å². The first-order chi connectivity index (χ1) is 10.4. The molecule has 0 spiro atoms. The fourth-order valence-corrected chi connectivity index (χ4v) is 2.07. The number of hydrogen-bond acceptors (Lipinski definition) is 8. The molecule has 7 N–H and O–H groups in total. The number of methoxy groups -OCH3 is 1. The van der Waals surface area contributed by atoms with Crippen LogP contribution in [-0.2, 0) is 4.74 Å². The van der Waals surface area contributed by atoms with Crippen molar-refractivity contribution in [2.75, 3.05) is 26.0 Å². The Bertz CT molecular complexity index is 704. The number of rotatable bonds is 6. The van der Waals surface area contributed by atoms with Crippen LogP contribution in [0.15, 0.2) is 11.1 Å². The molecule has 0 aliphatic carbocycles. The van der Waals surface area contributed by atoms with Gasteiger partial charge in [-0.25, -0.2) is 9.37 Å². The van der Waals surface area contributed by atoms with Crippen LogP contribution >= 0.6 is 0 Å². The predicted molar refractivity (Wildman–Crippen MR) is 74.6 cm³/mol. The van der Waals surface area contributed by atoms with E-state index in [2.05, 4.69) is 15.0 Å². The van der Waals surface area contributed by atoms with Gasteiger partial charge in [0, 0.05) is 13.7 Å². The van der Waals surface area contributed by atoms with Gasteiger partial charge in [0.2, 0.25) is 12.2 Å². The van der Waals surface area contributed by atoms with E-state index in [1.165, 1.54) is 7.11 Å². The zero-order chi connectivity index (χ0) is 16.5. The number of aromatic nitrogens is 4. The fraction of sp³-hybridized carbons (Fsp3) is 0.545. The summed E-state index contributed by atoms with van der Waals surface area (Å²) >= 11 is 0. The number of anilines is 1. The number of nitrogens with two attached hydrogens (primary N) is 2. The van der Waals surface area contributed by atoms with Crippen LogP contribution in [0.1, 0.15) is 6.30 Å². The molecule has 3 atom stereocenters. The van der Waals surface area contributed by atoms with E-state index in [0.717, 1.165) is 10.9 Å². The van der Waals surface area contributed by atoms with Crippen LogP contribution in [0.3, 0.4) is 0 Å². The largest absolute Gasteiger partial charge is 0.393 e. The monoisotopic (exact) mass is 316 g/mol. The van der Waals surface area contributed by atoms with Crippen LogP contribution in [0.5, 0.6) is 0 Å². The van der Waals surface area contributed by atoms with Crippen LogP contribution in [-0.4, -0.2) is 61.7 Å². The Balaban J connectivity index is 2.50. The van der Waals surface area contributed by atoms with Gasteiger partial charge in [0.15, 0.2) is 11.2 Å². The van der Waals surface area contributed by atoms with Gasteiger partial charge >= 0.3 is 0 Å². The van der Waals surface area contributed by atoms with Crippen molar-refractivity contribution in [1.82, 2.24) is 19.5 Å². The summed E-state index contributed by atoms with van der Waals surface area (Å²) < 4.78 is 20.4. The number of nitrogen functional groups attached to an aromatic ring is 1. The fourth-order valence-electron chi connectivity index (χ4n) is 2.07. The quantitative estimate of drug-likeness (QED) is 0.403. The van der Waals surface area contributed by atoms with Gasteiger partial charge in [0.05, 0.1) is 12.9 Å². The van der Waals surface area contributed by atoms with Crippen LogP contribution in [0, 0.1) is 0 Å². The number of nitrogens with zero attached hydrogens (tertiary/aromatic N) is 3. The van der Waals surface area contributed by atoms with Crippen LogP contribution in [0.4, 0.5) is 10.3 Å². The molecule has 0 aromatic carbocycles. The Morgan fingerprint density at radius 3 is 2.86 bits per heavy atom. The summed E-state index contributed by atoms with van der Waals surface area (Å²) in [5.74, 6) is -0.222. The summed E-state index contributed by atoms with van der Waals surface area (Å²) in [6.45, 7) is -1.03. The number of fused-ring (bicyclic) bond motifs is 1. The zero-order valence-electron chi connectivity index (χ0n) is 11.7. The molecule has 0 radical (unpaired) electrons. The average Bonchev–Trinajstić information content (AvgIpc) is 2.92. The number of ether oxygens (including phenoxy) is 1. The zero-order valence-corrected chi connectivity index (χ0v) is 11.7. The van der Waals surface area contributed by atoms with E-state index in [1.54, 1.807) is 0 Å². The molecule has 10 nitrogen and oxygen atoms in total. The second-order valence-electron chi connectivity index (χ2n) is 4.72. The van der Waals surface area contributed by atoms with Crippen LogP contribution in [0.25, 0.3) is 11.2 Å². The number of H-pyrrole nitrogens is 1. The molecule has 0 aliphatic rings. The number of aliphatic hydroxyl groups is 2. The van der Waals surface area contributed by atoms with Gasteiger partial charge in [-0.05, 0) is 0 Å². The van der Waals surface area contributed by atoms with Crippen LogP contribution in [0.2, 0.25) is 0 Å². The van der Waals surface area contributed by atoms with E-state index >= 15 is 0 Å². The minimum absolute atomic E-state index is 0.135. The van der Waals surface area contributed by atoms with Gasteiger partial charge in [-0.15, -0.1) is 0 Å². The molecule has 0 saturated carbocycles. The minimum atomic E-state index is -2.12. The number of hydrogen-bond donors (Lipinski definition) is 5. The number of imidazole rings is 1. The average molecular weight is 316 g/mol. The molecule has 0 unspecified atom stereocenters. The van der Waals surface area contributed by atoms with Crippen molar-refractivity contribution in [1.29, 1.82) is 0 Å². The standard InChI is InChI=1S/C11H17FN6O4/c1-22-11(2-13,3-19)6(20)7(12)18-4-15-5-8(18)16-10(14)17-9(5)21/h4,6-7,19-20H,2-3,13H2,1H3,(H3,14,16,17,21)/t6-,7-,11+/m0/s1. The van der Waals surface area contributed by atoms with Crippen molar-refractivity contribution >= 4 is 17.1 Å². The number of halogens is 1. The number of nitrogens with one attached hydrogen (secondary N) is 1. The summed E-state index contributed by atoms with van der Waals surface area (Å²) in [5.41, 5.74) is 8.25. The number of aromatic amines is 1. The third-order valence-corrected chi connectivity index (χ3v) is 3.54. The topological polar surface area (TPSA) is 165 Å². The minimum Gasteiger partial charge on any atom is -0.393 e. The first-order valence-electron chi connectivity index (χ1n) is 6.30. The number of aliphatic hydroxyl groups excluding tert-OH is 2. The van der Waals surface area contributed by atoms with Crippen molar-refractivity contribution in [2.45, 2.75) is 18.0 Å². The van der Waals surface area contributed by atoms with Gasteiger partial charge in [0.1, 0.15) is 11.7 Å². The highest BCUT2D eigenvalue weighted by Gasteiger charge is 2.43. The maximum atomic E-state index is 14.6. The summed E-state index contributed by atoms with van der Waals surface area (Å²) in [4.78, 5) is 21.4. The SMILES string of the molecule is CO[C@](CN)(CO)[C@@H](O)[C@@H](F)n1cnc2c(=O)[nH]c(N)nc21. The Morgan fingerprint density at radius 2 is 2.32 bits per heavy atom. The maximum absolute atomic E-state index is 14.6. The lowest BCUT2D eigenvalue weighted by Gasteiger charge is -2.35. The van der Waals surface area contributed by atoms with E-state index in [-0.39, 0.29) is 23.7 Å². The highest BCUT2D eigenvalue weighted by Crippen LogP contribution is 2.27. The molecular formula is C11H17FN6O4. The van der Waals surface area contributed by atoms with Crippen molar-refractivity contribution in [3.63, 3.8) is 0 Å². The molecule has 0 aliphatic heterocycles. The van der Waals surface area contributed by atoms with Crippen molar-refractivity contribution in [3.8, 4) is 0 Å². The normalized spacial score (nSPS) is 17.3. The molecule has 0 amide bonds. The molecule has 122 valence electrons. The van der Waals surface area contributed by atoms with Gasteiger partial charge in [0.25, 0.3) is 5.56 Å². The second-order valence-corrected chi connectivity index (χ2v) is 4.72. The molecule has 22 heavy (non-hydrogen) atoms. The molecule has 2 aromatic heterocycles. The van der Waals surface area contributed by atoms with Crippen molar-refractivity contribution in [2.24, 2.45) is 5.73 Å². The smallest absolute Gasteiger partial charge is 0.280 e. The summed E-state index contributed by atoms with van der Waals surface area (Å²) in [6, 6.07) is 0. The highest BCUT2D eigenvalue weighted by atomic mass is 19.1. The summed E-state index contributed by atoms with van der Waals surface area (Å²) in [7, 11) is 1.19. The summed E-state index contributed by atoms with van der Waals surface area (Å²) in [5, 5.41) is 19.5. The third kappa shape index (κ3) is 2.43. The molecule has 11 heteroatoms. The third-order valence-electron chi connectivity index (χ3n) is 3.54. The Labute approximate surface area is 123 Å². The molecule has 2 aromatic rings. The molecule has 2 rings (SSSR count). The summed E-state index contributed by atoms with van der Waals surface area (Å²) in [6.07, 6.45) is -2.95. The molecule has 2 heterocycles. The lowest BCUT2D eigenvalue weighted by atomic mass is 9.96. The Morgan fingerprint density at radius 1 is 1.64 bits per heavy atom. The lowest BCUT2D eigenvalue weighted by molar-refractivity contribution is -0.157. The highest BCUT2D eigenvalue weighted by molar-refractivity contribution is 5.70. The first kappa shape index (κ1) is 16.3. The second kappa shape index (κ2) is 5.96. The molecule has 0 bridgehead atoms. The first-order valence-corrected chi connectivity index (χ1v) is 6.30. The Kier molecular flexibility index (Phi) is 4.42. The molecule has 0 saturated heterocycles. The van der Waals surface area contributed by atoms with Crippen molar-refractivity contribution < 1.29 is 19.3 Å². The van der Waals surface area contributed by atoms with E-state index in [1.807, 2.05) is 0 Å². The maximum Gasteiger partial charge on any atom is 0.280 e. The predicted octanol–water partition coefficient (Wildman–Crippen LogP) is -2.13. The van der Waals surface area contributed by atoms with Crippen LogP contribution < -0.4 is 17.0 Å². The Hall–Kier alpha value is -2.08. The lowest BCUT2D eigenvalue weighted by Crippen LogP contribution is -2.55. The van der Waals surface area contributed by atoms with Crippen molar-refractivity contribution in [3.05, 3.63) is 16.7 Å². The van der Waals surface area contributed by atoms with E-state index in [0.29, 0.717) is 0 Å².